The van der Waals surface area contributed by atoms with Crippen molar-refractivity contribution in [3.05, 3.63) is 71.2 Å². The molecule has 0 N–H and O–H groups in total. The van der Waals surface area contributed by atoms with Gasteiger partial charge in [0.2, 0.25) is 0 Å². The number of aryl methyl sites for hydroxylation is 1. The van der Waals surface area contributed by atoms with Crippen LogP contribution in [-0.2, 0) is 0 Å². The summed E-state index contributed by atoms with van der Waals surface area (Å²) < 4.78 is 6.84. The number of hydrogen-bond donors (Lipinski definition) is 0. The van der Waals surface area contributed by atoms with E-state index in [1.54, 1.807) is 22.7 Å². The lowest BCUT2D eigenvalue weighted by Crippen LogP contribution is -1.94. The Morgan fingerprint density at radius 3 is 2.34 bits per heavy atom. The summed E-state index contributed by atoms with van der Waals surface area (Å²) in [5.74, 6) is 0. The molecule has 0 fully saturated rings. The predicted molar refractivity (Wildman–Crippen MR) is 123 cm³/mol. The Bertz CT molecular complexity index is 1670. The van der Waals surface area contributed by atoms with Crippen molar-refractivity contribution in [1.29, 1.82) is 0 Å². The second-order valence-corrected chi connectivity index (χ2v) is 9.37. The van der Waals surface area contributed by atoms with Crippen molar-refractivity contribution in [3.63, 3.8) is 0 Å². The van der Waals surface area contributed by atoms with Crippen LogP contribution >= 0.6 is 22.7 Å². The lowest BCUT2D eigenvalue weighted by atomic mass is 10.2. The van der Waals surface area contributed by atoms with Gasteiger partial charge in [0.15, 0.2) is 0 Å². The summed E-state index contributed by atoms with van der Waals surface area (Å²) in [6.45, 7) is 2.14. The molecule has 6 heteroatoms. The molecule has 0 spiro atoms. The number of rotatable bonds is 1. The van der Waals surface area contributed by atoms with E-state index >= 15 is 0 Å². The van der Waals surface area contributed by atoms with Crippen LogP contribution in [0.1, 0.15) is 4.88 Å². The lowest BCUT2D eigenvalue weighted by Gasteiger charge is -2.07. The highest BCUT2D eigenvalue weighted by Gasteiger charge is 2.20. The Hall–Kier alpha value is -3.22. The van der Waals surface area contributed by atoms with Crippen LogP contribution in [-0.4, -0.2) is 19.2 Å². The van der Waals surface area contributed by atoms with E-state index < -0.39 is 0 Å². The van der Waals surface area contributed by atoms with E-state index in [1.807, 2.05) is 11.7 Å². The molecule has 0 aliphatic rings. The van der Waals surface area contributed by atoms with Gasteiger partial charge >= 0.3 is 0 Å². The molecule has 0 saturated heterocycles. The van der Waals surface area contributed by atoms with Gasteiger partial charge in [-0.05, 0) is 25.1 Å². The first kappa shape index (κ1) is 15.7. The topological polar surface area (TPSA) is 35.1 Å². The summed E-state index contributed by atoms with van der Waals surface area (Å²) >= 11 is 3.48. The molecule has 138 valence electrons. The van der Waals surface area contributed by atoms with Gasteiger partial charge in [-0.15, -0.1) is 22.7 Å². The van der Waals surface area contributed by atoms with E-state index in [4.69, 9.17) is 10.1 Å². The summed E-state index contributed by atoms with van der Waals surface area (Å²) in [6, 6.07) is 19.4. The molecule has 5 heterocycles. The second kappa shape index (κ2) is 5.43. The average molecular weight is 411 g/mol. The summed E-state index contributed by atoms with van der Waals surface area (Å²) in [4.78, 5) is 5.99. The van der Waals surface area contributed by atoms with E-state index in [9.17, 15) is 0 Å². The maximum Gasteiger partial charge on any atom is 0.110 e. The molecule has 0 aliphatic carbocycles. The number of benzene rings is 2. The maximum absolute atomic E-state index is 4.84. The van der Waals surface area contributed by atoms with Crippen LogP contribution < -0.4 is 0 Å². The largest absolute Gasteiger partial charge is 0.306 e. The molecule has 4 nitrogen and oxygen atoms in total. The summed E-state index contributed by atoms with van der Waals surface area (Å²) in [5.41, 5.74) is 8.78. The monoisotopic (exact) mass is 410 g/mol. The van der Waals surface area contributed by atoms with Crippen LogP contribution in [0.2, 0.25) is 0 Å². The first-order valence-corrected chi connectivity index (χ1v) is 11.1. The quantitative estimate of drug-likeness (QED) is 0.307. The van der Waals surface area contributed by atoms with Gasteiger partial charge in [0.1, 0.15) is 11.0 Å². The normalized spacial score (nSPS) is 12.3. The molecule has 7 rings (SSSR count). The van der Waals surface area contributed by atoms with Crippen molar-refractivity contribution in [2.24, 2.45) is 0 Å². The molecular weight excluding hydrogens is 396 g/mol. The van der Waals surface area contributed by atoms with Crippen LogP contribution in [0.3, 0.4) is 0 Å². The SMILES string of the molecule is Cc1cc2c(s1)c1ncsc1c1c(-n3c4ccccc4c4ccccc43)cnn21. The van der Waals surface area contributed by atoms with Crippen molar-refractivity contribution in [2.45, 2.75) is 6.92 Å². The van der Waals surface area contributed by atoms with Crippen LogP contribution in [0.25, 0.3) is 53.4 Å². The van der Waals surface area contributed by atoms with Crippen LogP contribution in [0.5, 0.6) is 0 Å². The molecule has 0 bridgehead atoms. The van der Waals surface area contributed by atoms with Crippen LogP contribution in [0.15, 0.2) is 66.3 Å². The zero-order valence-electron chi connectivity index (χ0n) is 15.5. The second-order valence-electron chi connectivity index (χ2n) is 7.26. The molecule has 0 saturated carbocycles. The average Bonchev–Trinajstić information content (AvgIpc) is 3.50. The van der Waals surface area contributed by atoms with Gasteiger partial charge < -0.3 is 4.57 Å². The number of thiophene rings is 1. The number of aromatic nitrogens is 4. The highest BCUT2D eigenvalue weighted by atomic mass is 32.1. The fourth-order valence-electron chi connectivity index (χ4n) is 4.48. The predicted octanol–water partition coefficient (Wildman–Crippen LogP) is 6.56. The van der Waals surface area contributed by atoms with Gasteiger partial charge in [0.25, 0.3) is 0 Å². The zero-order chi connectivity index (χ0) is 19.1. The Kier molecular flexibility index (Phi) is 2.94. The zero-order valence-corrected chi connectivity index (χ0v) is 17.1. The minimum absolute atomic E-state index is 1.08. The number of nitrogens with zero attached hydrogens (tertiary/aromatic N) is 4. The molecular formula is C23H14N4S2. The molecule has 0 unspecified atom stereocenters. The highest BCUT2D eigenvalue weighted by molar-refractivity contribution is 7.22. The first-order chi connectivity index (χ1) is 14.3. The van der Waals surface area contributed by atoms with Crippen molar-refractivity contribution in [2.75, 3.05) is 0 Å². The van der Waals surface area contributed by atoms with Gasteiger partial charge in [0.05, 0.1) is 43.3 Å². The van der Waals surface area contributed by atoms with Crippen molar-refractivity contribution in [3.8, 4) is 5.69 Å². The third-order valence-electron chi connectivity index (χ3n) is 5.63. The van der Waals surface area contributed by atoms with E-state index in [0.717, 1.165) is 22.2 Å². The molecule has 0 aliphatic heterocycles. The van der Waals surface area contributed by atoms with E-state index in [0.29, 0.717) is 0 Å². The lowest BCUT2D eigenvalue weighted by molar-refractivity contribution is 1.01. The Morgan fingerprint density at radius 1 is 0.862 bits per heavy atom. The number of para-hydroxylation sites is 2. The molecule has 2 aromatic carbocycles. The highest BCUT2D eigenvalue weighted by Crippen LogP contribution is 2.40. The molecule has 5 aromatic heterocycles. The van der Waals surface area contributed by atoms with Gasteiger partial charge in [-0.3, -0.25) is 0 Å². The maximum atomic E-state index is 4.84. The Morgan fingerprint density at radius 2 is 1.59 bits per heavy atom. The minimum atomic E-state index is 1.08. The fraction of sp³-hybridized carbons (Fsp3) is 0.0435. The van der Waals surface area contributed by atoms with Gasteiger partial charge in [-0.2, -0.15) is 5.10 Å². The van der Waals surface area contributed by atoms with E-state index in [-0.39, 0.29) is 0 Å². The third kappa shape index (κ3) is 1.92. The summed E-state index contributed by atoms with van der Waals surface area (Å²) in [7, 11) is 0. The first-order valence-electron chi connectivity index (χ1n) is 9.43. The standard InChI is InChI=1S/C23H14N4S2/c1-13-10-18-22(29-13)20-23(28-12-24-20)21-19(11-25-27(18)21)26-16-8-4-2-6-14(16)15-7-3-5-9-17(15)26/h2-12H,1H3. The molecule has 0 amide bonds. The van der Waals surface area contributed by atoms with Crippen molar-refractivity contribution in [1.82, 2.24) is 19.2 Å². The molecule has 0 atom stereocenters. The van der Waals surface area contributed by atoms with Gasteiger partial charge in [-0.1, -0.05) is 36.4 Å². The van der Waals surface area contributed by atoms with Gasteiger partial charge in [-0.25, -0.2) is 9.50 Å². The summed E-state index contributed by atoms with van der Waals surface area (Å²) in [5, 5.41) is 7.36. The third-order valence-corrected chi connectivity index (χ3v) is 7.51. The minimum Gasteiger partial charge on any atom is -0.306 e. The van der Waals surface area contributed by atoms with Crippen molar-refractivity contribution < 1.29 is 0 Å². The van der Waals surface area contributed by atoms with Crippen LogP contribution in [0, 0.1) is 6.92 Å². The molecule has 0 radical (unpaired) electrons. The number of hydrogen-bond acceptors (Lipinski definition) is 4. The fourth-order valence-corrected chi connectivity index (χ4v) is 6.38. The Balaban J connectivity index is 1.74. The molecule has 7 aromatic rings. The number of thiazole rings is 1. The Labute approximate surface area is 173 Å². The number of pyridine rings is 1. The molecule has 29 heavy (non-hydrogen) atoms. The van der Waals surface area contributed by atoms with E-state index in [2.05, 4.69) is 70.6 Å². The van der Waals surface area contributed by atoms with Gasteiger partial charge in [0, 0.05) is 15.6 Å². The smallest absolute Gasteiger partial charge is 0.110 e. The summed E-state index contributed by atoms with van der Waals surface area (Å²) in [6.07, 6.45) is 2.00. The van der Waals surface area contributed by atoms with E-state index in [1.165, 1.54) is 36.1 Å². The van der Waals surface area contributed by atoms with Crippen molar-refractivity contribution >= 4 is 70.4 Å². The van der Waals surface area contributed by atoms with Crippen LogP contribution in [0.4, 0.5) is 0 Å². The number of fused-ring (bicyclic) bond motifs is 9.